The number of quaternary nitrogens is 1. The molecule has 0 bridgehead atoms. The minimum atomic E-state index is -4.37. The second-order valence-electron chi connectivity index (χ2n) is 9.61. The maximum absolute atomic E-state index is 12.6. The molecule has 2 aliphatic rings. The molecule has 2 atom stereocenters. The first-order chi connectivity index (χ1) is 18.5. The number of nitrogens with zero attached hydrogens (tertiary/aromatic N) is 2. The normalized spacial score (nSPS) is 22.0. The Morgan fingerprint density at radius 1 is 1.15 bits per heavy atom. The Labute approximate surface area is 234 Å². The number of rotatable bonds is 7. The van der Waals surface area contributed by atoms with Gasteiger partial charge in [-0.05, 0) is 41.4 Å². The lowest BCUT2D eigenvalue weighted by Crippen LogP contribution is -2.66. The molecule has 0 amide bonds. The van der Waals surface area contributed by atoms with E-state index < -0.39 is 31.4 Å². The van der Waals surface area contributed by atoms with Crippen LogP contribution in [0.25, 0.3) is 27.1 Å². The Kier molecular flexibility index (Phi) is 6.53. The maximum Gasteiger partial charge on any atom is 0.320 e. The molecule has 3 heterocycles. The summed E-state index contributed by atoms with van der Waals surface area (Å²) in [7, 11) is -7.18. The molecule has 0 aliphatic carbocycles. The molecule has 1 aromatic heterocycles. The van der Waals surface area contributed by atoms with Crippen LogP contribution in [0.1, 0.15) is 17.8 Å². The topological polar surface area (TPSA) is 125 Å². The van der Waals surface area contributed by atoms with Crippen molar-refractivity contribution in [2.75, 3.05) is 19.4 Å². The van der Waals surface area contributed by atoms with Gasteiger partial charge in [0, 0.05) is 17.6 Å². The number of thiazole rings is 1. The number of aryl methyl sites for hydroxylation is 1. The van der Waals surface area contributed by atoms with Crippen molar-refractivity contribution >= 4 is 76.1 Å². The molecule has 0 saturated carbocycles. The van der Waals surface area contributed by atoms with Gasteiger partial charge in [-0.1, -0.05) is 35.6 Å². The van der Waals surface area contributed by atoms with Crippen molar-refractivity contribution in [3.63, 3.8) is 0 Å². The Balaban J connectivity index is 1.55. The van der Waals surface area contributed by atoms with E-state index in [4.69, 9.17) is 4.74 Å². The van der Waals surface area contributed by atoms with Crippen LogP contribution in [0.4, 0.5) is 5.69 Å². The van der Waals surface area contributed by atoms with Crippen molar-refractivity contribution in [3.05, 3.63) is 64.6 Å². The van der Waals surface area contributed by atoms with Crippen molar-refractivity contribution in [1.29, 1.82) is 0 Å². The third-order valence-electron chi connectivity index (χ3n) is 7.40. The summed E-state index contributed by atoms with van der Waals surface area (Å²) in [6, 6.07) is 17.4. The average Bonchev–Trinajstić information content (AvgIpc) is 3.37. The zero-order chi connectivity index (χ0) is 27.6. The minimum absolute atomic E-state index is 0.00664. The fourth-order valence-electron chi connectivity index (χ4n) is 5.61. The van der Waals surface area contributed by atoms with E-state index in [1.54, 1.807) is 7.11 Å². The van der Waals surface area contributed by atoms with Crippen molar-refractivity contribution in [1.82, 2.24) is 4.48 Å². The molecular formula is C26H25N2O7S4+. The number of aromatic nitrogens is 1. The monoisotopic (exact) mass is 605 g/mol. The lowest BCUT2D eigenvalue weighted by atomic mass is 10.0. The highest BCUT2D eigenvalue weighted by Crippen LogP contribution is 2.60. The summed E-state index contributed by atoms with van der Waals surface area (Å²) in [6.07, 6.45) is 2.39. The summed E-state index contributed by atoms with van der Waals surface area (Å²) in [5.41, 5.74) is 1.69. The lowest BCUT2D eigenvalue weighted by Gasteiger charge is -2.47. The zero-order valence-corrected chi connectivity index (χ0v) is 24.1. The summed E-state index contributed by atoms with van der Waals surface area (Å²) in [5, 5.41) is 2.43. The fourth-order valence-corrected chi connectivity index (χ4v) is 9.89. The molecule has 1 spiro atoms. The van der Waals surface area contributed by atoms with Crippen LogP contribution < -0.4 is 13.8 Å². The van der Waals surface area contributed by atoms with Crippen molar-refractivity contribution in [2.45, 2.75) is 29.7 Å². The van der Waals surface area contributed by atoms with E-state index in [1.807, 2.05) is 65.2 Å². The molecule has 6 rings (SSSR count). The van der Waals surface area contributed by atoms with Crippen LogP contribution in [0.5, 0.6) is 5.75 Å². The third kappa shape index (κ3) is 4.55. The SMILES string of the molecule is COc1ccc2sc(C=C3Sc4ccc5ccccc5c4[N+]34CCC4S(=O)(=O)O)[n+](CCCS(=O)(=O)[O-])c2c1. The highest BCUT2D eigenvalue weighted by Gasteiger charge is 2.62. The molecule has 1 fully saturated rings. The Hall–Kier alpha value is -2.52. The number of fused-ring (bicyclic) bond motifs is 5. The van der Waals surface area contributed by atoms with E-state index in [-0.39, 0.29) is 17.4 Å². The first kappa shape index (κ1) is 26.7. The largest absolute Gasteiger partial charge is 0.748 e. The van der Waals surface area contributed by atoms with Gasteiger partial charge in [0.15, 0.2) is 17.3 Å². The van der Waals surface area contributed by atoms with Crippen LogP contribution in [-0.2, 0) is 26.8 Å². The molecular weight excluding hydrogens is 581 g/mol. The van der Waals surface area contributed by atoms with E-state index in [0.29, 0.717) is 18.7 Å². The standard InChI is InChI=1S/C26H24N2O7S4/c1-35-18-8-10-21-20(15-18)27(12-4-14-38(29,30)31)23(36-21)16-24-28(13-11-25(28)39(32,33)34)26-19-6-3-2-5-17(19)7-9-22(26)37-24/h2-3,5-10,15-16,25H,4,11-14H2,1H3/p+1. The van der Waals surface area contributed by atoms with Crippen LogP contribution in [-0.4, -0.2) is 50.7 Å². The van der Waals surface area contributed by atoms with Gasteiger partial charge in [0.2, 0.25) is 10.9 Å². The molecule has 13 heteroatoms. The molecule has 2 unspecified atom stereocenters. The molecule has 39 heavy (non-hydrogen) atoms. The van der Waals surface area contributed by atoms with Gasteiger partial charge in [-0.3, -0.25) is 4.55 Å². The number of benzene rings is 3. The van der Waals surface area contributed by atoms with E-state index in [0.717, 1.165) is 41.6 Å². The first-order valence-corrected chi connectivity index (χ1v) is 16.9. The molecule has 1 saturated heterocycles. The minimum Gasteiger partial charge on any atom is -0.748 e. The molecule has 204 valence electrons. The second kappa shape index (κ2) is 9.54. The Morgan fingerprint density at radius 2 is 1.95 bits per heavy atom. The van der Waals surface area contributed by atoms with Gasteiger partial charge >= 0.3 is 10.1 Å². The Bertz CT molecular complexity index is 1880. The van der Waals surface area contributed by atoms with E-state index >= 15 is 0 Å². The second-order valence-corrected chi connectivity index (χ2v) is 14.8. The van der Waals surface area contributed by atoms with Crippen LogP contribution in [0.2, 0.25) is 0 Å². The van der Waals surface area contributed by atoms with E-state index in [1.165, 1.54) is 23.1 Å². The predicted molar refractivity (Wildman–Crippen MR) is 152 cm³/mol. The van der Waals surface area contributed by atoms with Crippen molar-refractivity contribution < 1.29 is 35.2 Å². The van der Waals surface area contributed by atoms with Gasteiger partial charge in [-0.15, -0.1) is 0 Å². The summed E-state index contributed by atoms with van der Waals surface area (Å²) in [4.78, 5) is 0.931. The van der Waals surface area contributed by atoms with E-state index in [9.17, 15) is 25.9 Å². The number of thioether (sulfide) groups is 1. The van der Waals surface area contributed by atoms with Crippen LogP contribution in [0.3, 0.4) is 0 Å². The Morgan fingerprint density at radius 3 is 2.64 bits per heavy atom. The maximum atomic E-state index is 12.6. The van der Waals surface area contributed by atoms with Crippen LogP contribution in [0, 0.1) is 0 Å². The summed E-state index contributed by atoms with van der Waals surface area (Å²) in [6.45, 7) is 0.785. The molecule has 4 aromatic rings. The summed E-state index contributed by atoms with van der Waals surface area (Å²) >= 11 is 2.97. The van der Waals surface area contributed by atoms with E-state index in [2.05, 4.69) is 0 Å². The lowest BCUT2D eigenvalue weighted by molar-refractivity contribution is -0.668. The van der Waals surface area contributed by atoms with Gasteiger partial charge in [-0.2, -0.15) is 13.0 Å². The van der Waals surface area contributed by atoms with Gasteiger partial charge in [-0.25, -0.2) is 12.9 Å². The van der Waals surface area contributed by atoms with Crippen LogP contribution >= 0.6 is 23.1 Å². The molecule has 3 aromatic carbocycles. The van der Waals surface area contributed by atoms with Gasteiger partial charge < -0.3 is 9.29 Å². The first-order valence-electron chi connectivity index (χ1n) is 12.2. The smallest absolute Gasteiger partial charge is 0.320 e. The molecule has 2 aliphatic heterocycles. The number of ether oxygens (including phenoxy) is 1. The predicted octanol–water partition coefficient (Wildman–Crippen LogP) is 4.32. The van der Waals surface area contributed by atoms with Gasteiger partial charge in [0.1, 0.15) is 10.4 Å². The van der Waals surface area contributed by atoms with Crippen LogP contribution in [0.15, 0.2) is 64.5 Å². The number of methoxy groups -OCH3 is 1. The summed E-state index contributed by atoms with van der Waals surface area (Å²) < 4.78 is 77.7. The highest BCUT2D eigenvalue weighted by atomic mass is 32.2. The quantitative estimate of drug-likeness (QED) is 0.188. The van der Waals surface area contributed by atoms with Crippen molar-refractivity contribution in [3.8, 4) is 5.75 Å². The van der Waals surface area contributed by atoms with Gasteiger partial charge in [0.05, 0.1) is 47.2 Å². The molecule has 0 radical (unpaired) electrons. The highest BCUT2D eigenvalue weighted by molar-refractivity contribution is 8.03. The zero-order valence-electron chi connectivity index (χ0n) is 20.8. The third-order valence-corrected chi connectivity index (χ3v) is 11.8. The molecule has 9 nitrogen and oxygen atoms in total. The average molecular weight is 606 g/mol. The number of hydrogen-bond donors (Lipinski definition) is 1. The van der Waals surface area contributed by atoms with Crippen molar-refractivity contribution in [2.24, 2.45) is 0 Å². The molecule has 1 N–H and O–H groups in total. The number of hydrogen-bond acceptors (Lipinski definition) is 8. The summed E-state index contributed by atoms with van der Waals surface area (Å²) in [5.74, 6) is 0.144. The fraction of sp³-hybridized carbons (Fsp3) is 0.269. The van der Waals surface area contributed by atoms with Gasteiger partial charge in [0.25, 0.3) is 5.01 Å².